The summed E-state index contributed by atoms with van der Waals surface area (Å²) in [5, 5.41) is 3.66. The number of nitrogens with zero attached hydrogens (tertiary/aromatic N) is 2. The van der Waals surface area contributed by atoms with E-state index in [1.165, 1.54) is 37.8 Å². The van der Waals surface area contributed by atoms with Gasteiger partial charge in [-0.25, -0.2) is 0 Å². The predicted octanol–water partition coefficient (Wildman–Crippen LogP) is 2.82. The Balaban J connectivity index is 1.95. The quantitative estimate of drug-likeness (QED) is 0.853. The van der Waals surface area contributed by atoms with Crippen LogP contribution in [0.2, 0.25) is 0 Å². The molecule has 2 atom stereocenters. The molecule has 0 bridgehead atoms. The first-order chi connectivity index (χ1) is 9.31. The lowest BCUT2D eigenvalue weighted by atomic mass is 9.95. The molecule has 1 saturated heterocycles. The van der Waals surface area contributed by atoms with E-state index in [1.54, 1.807) is 0 Å². The van der Waals surface area contributed by atoms with Crippen LogP contribution in [0.25, 0.3) is 0 Å². The molecule has 19 heavy (non-hydrogen) atoms. The van der Waals surface area contributed by atoms with Crippen molar-refractivity contribution in [1.29, 1.82) is 0 Å². The molecule has 1 aliphatic rings. The Hall–Kier alpha value is -0.930. The standard InChI is InChI=1S/C16H27N3/c1-3-9-18-14(2)16-6-4-5-12-19(16)13-15-7-10-17-11-8-15/h7-8,10-11,14,16,18H,3-6,9,12-13H2,1-2H3. The van der Waals surface area contributed by atoms with Gasteiger partial charge >= 0.3 is 0 Å². The molecule has 1 aromatic heterocycles. The monoisotopic (exact) mass is 261 g/mol. The lowest BCUT2D eigenvalue weighted by molar-refractivity contribution is 0.112. The Morgan fingerprint density at radius 3 is 2.89 bits per heavy atom. The van der Waals surface area contributed by atoms with Crippen molar-refractivity contribution < 1.29 is 0 Å². The fourth-order valence-electron chi connectivity index (χ4n) is 3.01. The fourth-order valence-corrected chi connectivity index (χ4v) is 3.01. The lowest BCUT2D eigenvalue weighted by Crippen LogP contribution is -2.50. The van der Waals surface area contributed by atoms with Crippen LogP contribution in [0.15, 0.2) is 24.5 Å². The Morgan fingerprint density at radius 2 is 2.16 bits per heavy atom. The molecule has 1 N–H and O–H groups in total. The number of rotatable bonds is 6. The zero-order valence-electron chi connectivity index (χ0n) is 12.3. The van der Waals surface area contributed by atoms with Crippen molar-refractivity contribution in [3.05, 3.63) is 30.1 Å². The zero-order chi connectivity index (χ0) is 13.5. The number of hydrogen-bond acceptors (Lipinski definition) is 3. The molecule has 2 rings (SSSR count). The summed E-state index contributed by atoms with van der Waals surface area (Å²) in [6.45, 7) is 7.98. The molecule has 0 radical (unpaired) electrons. The van der Waals surface area contributed by atoms with Crippen molar-refractivity contribution in [3.8, 4) is 0 Å². The largest absolute Gasteiger partial charge is 0.313 e. The van der Waals surface area contributed by atoms with Gasteiger partial charge in [0.2, 0.25) is 0 Å². The molecular weight excluding hydrogens is 234 g/mol. The summed E-state index contributed by atoms with van der Waals surface area (Å²) in [4.78, 5) is 6.75. The van der Waals surface area contributed by atoms with Gasteiger partial charge in [0.25, 0.3) is 0 Å². The van der Waals surface area contributed by atoms with Crippen LogP contribution in [-0.4, -0.2) is 35.1 Å². The minimum Gasteiger partial charge on any atom is -0.313 e. The first-order valence-electron chi connectivity index (χ1n) is 7.67. The van der Waals surface area contributed by atoms with Gasteiger partial charge in [-0.15, -0.1) is 0 Å². The topological polar surface area (TPSA) is 28.2 Å². The van der Waals surface area contributed by atoms with Crippen molar-refractivity contribution in [2.75, 3.05) is 13.1 Å². The maximum absolute atomic E-state index is 4.10. The lowest BCUT2D eigenvalue weighted by Gasteiger charge is -2.39. The molecule has 3 heteroatoms. The summed E-state index contributed by atoms with van der Waals surface area (Å²) < 4.78 is 0. The van der Waals surface area contributed by atoms with Gasteiger partial charge in [-0.2, -0.15) is 0 Å². The van der Waals surface area contributed by atoms with Crippen LogP contribution in [-0.2, 0) is 6.54 Å². The first-order valence-corrected chi connectivity index (χ1v) is 7.67. The Morgan fingerprint density at radius 1 is 1.37 bits per heavy atom. The summed E-state index contributed by atoms with van der Waals surface area (Å²) >= 11 is 0. The van der Waals surface area contributed by atoms with E-state index < -0.39 is 0 Å². The second-order valence-corrected chi connectivity index (χ2v) is 5.63. The highest BCUT2D eigenvalue weighted by molar-refractivity contribution is 5.10. The van der Waals surface area contributed by atoms with Gasteiger partial charge in [0.05, 0.1) is 0 Å². The zero-order valence-corrected chi connectivity index (χ0v) is 12.3. The molecule has 2 unspecified atom stereocenters. The van der Waals surface area contributed by atoms with Crippen LogP contribution in [0.1, 0.15) is 45.1 Å². The number of likely N-dealkylation sites (tertiary alicyclic amines) is 1. The molecule has 0 saturated carbocycles. The third-order valence-electron chi connectivity index (χ3n) is 4.09. The molecule has 106 valence electrons. The molecule has 0 aromatic carbocycles. The summed E-state index contributed by atoms with van der Waals surface area (Å²) in [5.41, 5.74) is 1.38. The SMILES string of the molecule is CCCNC(C)C1CCCCN1Cc1ccncc1. The van der Waals surface area contributed by atoms with Crippen molar-refractivity contribution in [3.63, 3.8) is 0 Å². The highest BCUT2D eigenvalue weighted by Crippen LogP contribution is 2.22. The molecular formula is C16H27N3. The third kappa shape index (κ3) is 4.29. The van der Waals surface area contributed by atoms with Gasteiger partial charge in [-0.3, -0.25) is 9.88 Å². The molecule has 0 amide bonds. The van der Waals surface area contributed by atoms with Crippen LogP contribution in [0.5, 0.6) is 0 Å². The van der Waals surface area contributed by atoms with Crippen LogP contribution >= 0.6 is 0 Å². The Bertz CT molecular complexity index is 352. The minimum atomic E-state index is 0.585. The second kappa shape index (κ2) is 7.61. The first kappa shape index (κ1) is 14.5. The van der Waals surface area contributed by atoms with E-state index in [4.69, 9.17) is 0 Å². The average Bonchev–Trinajstić information content (AvgIpc) is 2.46. The number of pyridine rings is 1. The number of hydrogen-bond donors (Lipinski definition) is 1. The maximum Gasteiger partial charge on any atom is 0.0271 e. The van der Waals surface area contributed by atoms with Gasteiger partial charge in [0.15, 0.2) is 0 Å². The van der Waals surface area contributed by atoms with E-state index in [1.807, 2.05) is 12.4 Å². The van der Waals surface area contributed by atoms with Crippen LogP contribution in [0, 0.1) is 0 Å². The van der Waals surface area contributed by atoms with Gasteiger partial charge in [-0.1, -0.05) is 13.3 Å². The van der Waals surface area contributed by atoms with Crippen molar-refractivity contribution >= 4 is 0 Å². The minimum absolute atomic E-state index is 0.585. The molecule has 1 fully saturated rings. The van der Waals surface area contributed by atoms with Crippen molar-refractivity contribution in [2.45, 2.75) is 58.2 Å². The van der Waals surface area contributed by atoms with E-state index >= 15 is 0 Å². The van der Waals surface area contributed by atoms with Gasteiger partial charge in [0.1, 0.15) is 0 Å². The smallest absolute Gasteiger partial charge is 0.0271 e. The molecule has 1 aromatic rings. The Kier molecular flexibility index (Phi) is 5.80. The number of aromatic nitrogens is 1. The van der Waals surface area contributed by atoms with Gasteiger partial charge < -0.3 is 5.32 Å². The van der Waals surface area contributed by atoms with E-state index in [0.717, 1.165) is 13.1 Å². The van der Waals surface area contributed by atoms with E-state index in [2.05, 4.69) is 41.2 Å². The second-order valence-electron chi connectivity index (χ2n) is 5.63. The third-order valence-corrected chi connectivity index (χ3v) is 4.09. The molecule has 0 aliphatic carbocycles. The van der Waals surface area contributed by atoms with Crippen LogP contribution in [0.4, 0.5) is 0 Å². The molecule has 3 nitrogen and oxygen atoms in total. The van der Waals surface area contributed by atoms with E-state index in [0.29, 0.717) is 12.1 Å². The average molecular weight is 261 g/mol. The number of nitrogens with one attached hydrogen (secondary N) is 1. The van der Waals surface area contributed by atoms with Crippen molar-refractivity contribution in [1.82, 2.24) is 15.2 Å². The summed E-state index contributed by atoms with van der Waals surface area (Å²) in [6, 6.07) is 5.53. The molecule has 2 heterocycles. The van der Waals surface area contributed by atoms with Crippen molar-refractivity contribution in [2.24, 2.45) is 0 Å². The highest BCUT2D eigenvalue weighted by Gasteiger charge is 2.26. The Labute approximate surface area is 117 Å². The summed E-state index contributed by atoms with van der Waals surface area (Å²) in [7, 11) is 0. The van der Waals surface area contributed by atoms with Gasteiger partial charge in [0, 0.05) is 31.0 Å². The number of piperidine rings is 1. The summed E-state index contributed by atoms with van der Waals surface area (Å²) in [6.07, 6.45) is 9.03. The van der Waals surface area contributed by atoms with E-state index in [-0.39, 0.29) is 0 Å². The van der Waals surface area contributed by atoms with Crippen LogP contribution < -0.4 is 5.32 Å². The summed E-state index contributed by atoms with van der Waals surface area (Å²) in [5.74, 6) is 0. The molecule has 1 aliphatic heterocycles. The van der Waals surface area contributed by atoms with Crippen LogP contribution in [0.3, 0.4) is 0 Å². The van der Waals surface area contributed by atoms with E-state index in [9.17, 15) is 0 Å². The van der Waals surface area contributed by atoms with Gasteiger partial charge in [-0.05, 0) is 57.0 Å². The molecule has 0 spiro atoms. The normalized spacial score (nSPS) is 22.3. The fraction of sp³-hybridized carbons (Fsp3) is 0.688. The predicted molar refractivity (Wildman–Crippen MR) is 80.0 cm³/mol. The maximum atomic E-state index is 4.10. The highest BCUT2D eigenvalue weighted by atomic mass is 15.2.